The number of hydrogen-bond acceptors (Lipinski definition) is 6. The fraction of sp³-hybridized carbons (Fsp3) is 0.385. The summed E-state index contributed by atoms with van der Waals surface area (Å²) >= 11 is 0. The Hall–Kier alpha value is -3.36. The molecule has 3 aliphatic rings. The van der Waals surface area contributed by atoms with Crippen molar-refractivity contribution in [2.45, 2.75) is 44.3 Å². The first kappa shape index (κ1) is 22.4. The average molecular weight is 461 g/mol. The third-order valence-electron chi connectivity index (χ3n) is 7.19. The van der Waals surface area contributed by atoms with Gasteiger partial charge in [-0.1, -0.05) is 36.4 Å². The topological polar surface area (TPSA) is 113 Å². The summed E-state index contributed by atoms with van der Waals surface area (Å²) in [7, 11) is 0. The Labute approximate surface area is 198 Å². The smallest absolute Gasteiger partial charge is 0.262 e. The second-order valence-corrected chi connectivity index (χ2v) is 9.29. The van der Waals surface area contributed by atoms with Crippen LogP contribution in [0.1, 0.15) is 63.6 Å². The number of nitrogens with zero attached hydrogens (tertiary/aromatic N) is 2. The molecule has 34 heavy (non-hydrogen) atoms. The van der Waals surface area contributed by atoms with Crippen molar-refractivity contribution in [3.05, 3.63) is 70.8 Å². The molecule has 3 aliphatic heterocycles. The molecule has 1 unspecified atom stereocenters. The maximum Gasteiger partial charge on any atom is 0.262 e. The van der Waals surface area contributed by atoms with Crippen molar-refractivity contribution >= 4 is 23.6 Å². The zero-order valence-corrected chi connectivity index (χ0v) is 18.9. The van der Waals surface area contributed by atoms with E-state index in [1.165, 1.54) is 5.56 Å². The van der Waals surface area contributed by atoms with Crippen molar-refractivity contribution in [1.29, 1.82) is 0 Å². The van der Waals surface area contributed by atoms with Gasteiger partial charge in [0.2, 0.25) is 11.8 Å². The standard InChI is InChI=1S/C26H28N4O4/c27-14-18-7-4-12-29(23(18)17-5-2-1-3-6-17)15-16-8-9-19-20(13-16)26(34)30(25(19)33)21-10-11-22(31)28-24(21)32/h1-3,5-6,8-9,13,18,21,23H,4,7,10-12,14-15,27H2,(H,28,31,32)/t18-,21?,23+/m0/s1. The number of carbonyl (C=O) groups excluding carboxylic acids is 4. The van der Waals surface area contributed by atoms with Crippen LogP contribution in [0.2, 0.25) is 0 Å². The Balaban J connectivity index is 1.40. The van der Waals surface area contributed by atoms with Crippen LogP contribution in [0, 0.1) is 5.92 Å². The number of benzene rings is 2. The first-order valence-electron chi connectivity index (χ1n) is 11.8. The third kappa shape index (κ3) is 3.93. The molecule has 2 saturated heterocycles. The van der Waals surface area contributed by atoms with E-state index in [0.717, 1.165) is 29.8 Å². The summed E-state index contributed by atoms with van der Waals surface area (Å²) in [5, 5.41) is 2.23. The molecule has 3 N–H and O–H groups in total. The zero-order valence-electron chi connectivity index (χ0n) is 18.9. The minimum atomic E-state index is -0.955. The van der Waals surface area contributed by atoms with Crippen LogP contribution >= 0.6 is 0 Å². The number of piperidine rings is 2. The molecule has 0 spiro atoms. The Bertz CT molecular complexity index is 1150. The molecule has 5 rings (SSSR count). The number of amides is 4. The summed E-state index contributed by atoms with van der Waals surface area (Å²) in [4.78, 5) is 53.3. The van der Waals surface area contributed by atoms with Crippen LogP contribution < -0.4 is 11.1 Å². The summed E-state index contributed by atoms with van der Waals surface area (Å²) < 4.78 is 0. The lowest BCUT2D eigenvalue weighted by atomic mass is 9.84. The van der Waals surface area contributed by atoms with Gasteiger partial charge in [-0.3, -0.25) is 34.3 Å². The van der Waals surface area contributed by atoms with E-state index in [0.29, 0.717) is 30.1 Å². The molecule has 0 aliphatic carbocycles. The van der Waals surface area contributed by atoms with Crippen LogP contribution in [0.4, 0.5) is 0 Å². The van der Waals surface area contributed by atoms with Gasteiger partial charge in [0.1, 0.15) is 6.04 Å². The van der Waals surface area contributed by atoms with E-state index in [-0.39, 0.29) is 24.8 Å². The van der Waals surface area contributed by atoms with E-state index in [9.17, 15) is 19.2 Å². The van der Waals surface area contributed by atoms with Crippen LogP contribution in [-0.4, -0.2) is 52.6 Å². The highest BCUT2D eigenvalue weighted by molar-refractivity contribution is 6.23. The second-order valence-electron chi connectivity index (χ2n) is 9.29. The Morgan fingerprint density at radius 1 is 0.941 bits per heavy atom. The number of nitrogens with two attached hydrogens (primary N) is 1. The Morgan fingerprint density at radius 2 is 1.71 bits per heavy atom. The highest BCUT2D eigenvalue weighted by atomic mass is 16.2. The predicted molar refractivity (Wildman–Crippen MR) is 124 cm³/mol. The van der Waals surface area contributed by atoms with E-state index in [4.69, 9.17) is 5.73 Å². The number of hydrogen-bond donors (Lipinski definition) is 2. The average Bonchev–Trinajstić information content (AvgIpc) is 3.09. The van der Waals surface area contributed by atoms with Gasteiger partial charge in [0.15, 0.2) is 0 Å². The molecule has 176 valence electrons. The summed E-state index contributed by atoms with van der Waals surface area (Å²) in [5.41, 5.74) is 8.91. The lowest BCUT2D eigenvalue weighted by molar-refractivity contribution is -0.136. The molecule has 2 aromatic rings. The second kappa shape index (κ2) is 9.12. The van der Waals surface area contributed by atoms with Crippen molar-refractivity contribution in [3.63, 3.8) is 0 Å². The third-order valence-corrected chi connectivity index (χ3v) is 7.19. The van der Waals surface area contributed by atoms with Crippen molar-refractivity contribution in [2.24, 2.45) is 11.7 Å². The molecule has 8 heteroatoms. The van der Waals surface area contributed by atoms with Crippen molar-refractivity contribution in [3.8, 4) is 0 Å². The molecule has 2 aromatic carbocycles. The largest absolute Gasteiger partial charge is 0.330 e. The fourth-order valence-electron chi connectivity index (χ4n) is 5.56. The van der Waals surface area contributed by atoms with Gasteiger partial charge >= 0.3 is 0 Å². The molecule has 0 radical (unpaired) electrons. The van der Waals surface area contributed by atoms with Gasteiger partial charge in [-0.15, -0.1) is 0 Å². The monoisotopic (exact) mass is 460 g/mol. The first-order valence-corrected chi connectivity index (χ1v) is 11.8. The lowest BCUT2D eigenvalue weighted by Gasteiger charge is -2.41. The fourth-order valence-corrected chi connectivity index (χ4v) is 5.56. The highest BCUT2D eigenvalue weighted by Gasteiger charge is 2.44. The first-order chi connectivity index (χ1) is 16.5. The van der Waals surface area contributed by atoms with E-state index in [1.807, 2.05) is 24.3 Å². The van der Waals surface area contributed by atoms with Gasteiger partial charge in [0, 0.05) is 19.0 Å². The van der Waals surface area contributed by atoms with Gasteiger partial charge in [0.05, 0.1) is 11.1 Å². The molecule has 3 heterocycles. The molecule has 0 aromatic heterocycles. The number of carbonyl (C=O) groups is 4. The highest BCUT2D eigenvalue weighted by Crippen LogP contribution is 2.37. The molecular formula is C26H28N4O4. The van der Waals surface area contributed by atoms with Gasteiger partial charge in [0.25, 0.3) is 11.8 Å². The predicted octanol–water partition coefficient (Wildman–Crippen LogP) is 2.00. The molecule has 8 nitrogen and oxygen atoms in total. The van der Waals surface area contributed by atoms with Crippen LogP contribution in [0.25, 0.3) is 0 Å². The van der Waals surface area contributed by atoms with Gasteiger partial charge < -0.3 is 5.73 Å². The number of nitrogens with one attached hydrogen (secondary N) is 1. The van der Waals surface area contributed by atoms with Gasteiger partial charge in [-0.2, -0.15) is 0 Å². The molecular weight excluding hydrogens is 432 g/mol. The van der Waals surface area contributed by atoms with Gasteiger partial charge in [-0.05, 0) is 61.5 Å². The molecule has 0 saturated carbocycles. The summed E-state index contributed by atoms with van der Waals surface area (Å²) in [5.74, 6) is -1.60. The van der Waals surface area contributed by atoms with E-state index < -0.39 is 23.8 Å². The van der Waals surface area contributed by atoms with E-state index in [2.05, 4.69) is 22.3 Å². The van der Waals surface area contributed by atoms with Crippen LogP contribution in [0.5, 0.6) is 0 Å². The van der Waals surface area contributed by atoms with E-state index in [1.54, 1.807) is 12.1 Å². The van der Waals surface area contributed by atoms with Crippen molar-refractivity contribution in [1.82, 2.24) is 15.1 Å². The normalized spacial score (nSPS) is 25.4. The van der Waals surface area contributed by atoms with Crippen molar-refractivity contribution in [2.75, 3.05) is 13.1 Å². The van der Waals surface area contributed by atoms with Crippen LogP contribution in [0.15, 0.2) is 48.5 Å². The van der Waals surface area contributed by atoms with Crippen LogP contribution in [0.3, 0.4) is 0 Å². The molecule has 4 amide bonds. The summed E-state index contributed by atoms with van der Waals surface area (Å²) in [6, 6.07) is 14.9. The quantitative estimate of drug-likeness (QED) is 0.660. The minimum Gasteiger partial charge on any atom is -0.330 e. The number of imide groups is 2. The summed E-state index contributed by atoms with van der Waals surface area (Å²) in [6.45, 7) is 2.15. The molecule has 2 fully saturated rings. The minimum absolute atomic E-state index is 0.104. The Kier molecular flexibility index (Phi) is 6.02. The maximum absolute atomic E-state index is 13.2. The number of likely N-dealkylation sites (tertiary alicyclic amines) is 1. The SMILES string of the molecule is NC[C@@H]1CCCN(Cc2ccc3c(c2)C(=O)N(C2CCC(=O)NC2=O)C3=O)[C@@H]1c1ccccc1. The van der Waals surface area contributed by atoms with Gasteiger partial charge in [-0.25, -0.2) is 0 Å². The van der Waals surface area contributed by atoms with Crippen molar-refractivity contribution < 1.29 is 19.2 Å². The number of fused-ring (bicyclic) bond motifs is 1. The zero-order chi connectivity index (χ0) is 23.8. The Morgan fingerprint density at radius 3 is 2.44 bits per heavy atom. The summed E-state index contributed by atoms with van der Waals surface area (Å²) in [6.07, 6.45) is 2.38. The number of rotatable bonds is 5. The maximum atomic E-state index is 13.2. The molecule has 3 atom stereocenters. The van der Waals surface area contributed by atoms with Crippen LogP contribution in [-0.2, 0) is 16.1 Å². The molecule has 0 bridgehead atoms. The van der Waals surface area contributed by atoms with E-state index >= 15 is 0 Å². The lowest BCUT2D eigenvalue weighted by Crippen LogP contribution is -2.54.